The van der Waals surface area contributed by atoms with E-state index < -0.39 is 0 Å². The molecular weight excluding hydrogens is 326 g/mol. The maximum Gasteiger partial charge on any atom is 0.191 e. The monoisotopic (exact) mass is 349 g/mol. The van der Waals surface area contributed by atoms with Crippen molar-refractivity contribution in [3.8, 4) is 0 Å². The van der Waals surface area contributed by atoms with Crippen molar-refractivity contribution in [3.63, 3.8) is 0 Å². The average molecular weight is 350 g/mol. The van der Waals surface area contributed by atoms with Crippen LogP contribution in [-0.2, 0) is 5.41 Å². The highest BCUT2D eigenvalue weighted by molar-refractivity contribution is 9.10. The molecule has 114 valence electrons. The molecule has 2 aliphatic rings. The molecule has 0 bridgehead atoms. The third-order valence-electron chi connectivity index (χ3n) is 5.02. The quantitative estimate of drug-likeness (QED) is 0.665. The predicted octanol–water partition coefficient (Wildman–Crippen LogP) is 3.67. The molecule has 2 N–H and O–H groups in total. The third kappa shape index (κ3) is 3.25. The molecule has 0 aromatic heterocycles. The van der Waals surface area contributed by atoms with Crippen LogP contribution in [-0.4, -0.2) is 30.5 Å². The Kier molecular flexibility index (Phi) is 4.25. The van der Waals surface area contributed by atoms with Crippen LogP contribution < -0.4 is 5.73 Å². The van der Waals surface area contributed by atoms with Gasteiger partial charge in [0, 0.05) is 23.0 Å². The second-order valence-electron chi connectivity index (χ2n) is 6.51. The number of guanidine groups is 1. The highest BCUT2D eigenvalue weighted by Crippen LogP contribution is 2.41. The van der Waals surface area contributed by atoms with E-state index in [-0.39, 0.29) is 5.41 Å². The fraction of sp³-hybridized carbons (Fsp3) is 0.588. The molecule has 3 rings (SSSR count). The van der Waals surface area contributed by atoms with Crippen molar-refractivity contribution >= 4 is 21.9 Å². The Morgan fingerprint density at radius 1 is 1.29 bits per heavy atom. The zero-order valence-electron chi connectivity index (χ0n) is 12.7. The van der Waals surface area contributed by atoms with Crippen LogP contribution in [0.1, 0.15) is 44.1 Å². The van der Waals surface area contributed by atoms with Crippen LogP contribution in [0, 0.1) is 0 Å². The number of benzene rings is 1. The van der Waals surface area contributed by atoms with Crippen LogP contribution in [0.25, 0.3) is 0 Å². The summed E-state index contributed by atoms with van der Waals surface area (Å²) in [5, 5.41) is 0. The number of nitrogens with two attached hydrogens (primary N) is 1. The Bertz CT molecular complexity index is 513. The average Bonchev–Trinajstić information content (AvgIpc) is 3.23. The second kappa shape index (κ2) is 5.99. The highest BCUT2D eigenvalue weighted by atomic mass is 79.9. The lowest BCUT2D eigenvalue weighted by molar-refractivity contribution is 0.441. The first-order valence-corrected chi connectivity index (χ1v) is 8.69. The maximum atomic E-state index is 6.17. The van der Waals surface area contributed by atoms with Crippen LogP contribution in [0.15, 0.2) is 33.7 Å². The highest BCUT2D eigenvalue weighted by Gasteiger charge is 2.36. The lowest BCUT2D eigenvalue weighted by Crippen LogP contribution is -2.37. The van der Waals surface area contributed by atoms with Crippen molar-refractivity contribution in [2.75, 3.05) is 13.6 Å². The van der Waals surface area contributed by atoms with Gasteiger partial charge in [0.15, 0.2) is 5.96 Å². The molecular formula is C17H24BrN3. The van der Waals surface area contributed by atoms with Gasteiger partial charge in [0.05, 0.1) is 6.54 Å². The zero-order chi connectivity index (χ0) is 14.9. The van der Waals surface area contributed by atoms with Crippen LogP contribution >= 0.6 is 15.9 Å². The van der Waals surface area contributed by atoms with Crippen LogP contribution in [0.5, 0.6) is 0 Å². The van der Waals surface area contributed by atoms with Gasteiger partial charge >= 0.3 is 0 Å². The smallest absolute Gasteiger partial charge is 0.191 e. The van der Waals surface area contributed by atoms with Crippen molar-refractivity contribution in [1.29, 1.82) is 0 Å². The van der Waals surface area contributed by atoms with E-state index in [1.807, 2.05) is 0 Å². The minimum atomic E-state index is 0.190. The standard InChI is InChI=1S/C17H24BrN3/c1-21(15-8-9-15)16(19)20-12-17(10-2-3-11-17)13-4-6-14(18)7-5-13/h4-7,15H,2-3,8-12H2,1H3,(H2,19,20). The van der Waals surface area contributed by atoms with Gasteiger partial charge in [-0.3, -0.25) is 4.99 Å². The minimum Gasteiger partial charge on any atom is -0.370 e. The van der Waals surface area contributed by atoms with Crippen LogP contribution in [0.4, 0.5) is 0 Å². The molecule has 0 saturated heterocycles. The van der Waals surface area contributed by atoms with E-state index in [0.29, 0.717) is 12.0 Å². The SMILES string of the molecule is CN(C(N)=NCC1(c2ccc(Br)cc2)CCCC1)C1CC1. The molecule has 0 amide bonds. The molecule has 1 aromatic carbocycles. The van der Waals surface area contributed by atoms with Crippen molar-refractivity contribution in [1.82, 2.24) is 4.90 Å². The fourth-order valence-electron chi connectivity index (χ4n) is 3.39. The summed E-state index contributed by atoms with van der Waals surface area (Å²) < 4.78 is 1.14. The molecule has 1 aromatic rings. The zero-order valence-corrected chi connectivity index (χ0v) is 14.3. The van der Waals surface area contributed by atoms with Gasteiger partial charge in [-0.2, -0.15) is 0 Å². The lowest BCUT2D eigenvalue weighted by Gasteiger charge is -2.29. The molecule has 21 heavy (non-hydrogen) atoms. The molecule has 2 aliphatic carbocycles. The summed E-state index contributed by atoms with van der Waals surface area (Å²) in [5.74, 6) is 0.709. The topological polar surface area (TPSA) is 41.6 Å². The summed E-state index contributed by atoms with van der Waals surface area (Å²) in [4.78, 5) is 6.89. The number of halogens is 1. The van der Waals surface area contributed by atoms with E-state index in [0.717, 1.165) is 11.0 Å². The van der Waals surface area contributed by atoms with Gasteiger partial charge in [-0.1, -0.05) is 40.9 Å². The van der Waals surface area contributed by atoms with Crippen molar-refractivity contribution < 1.29 is 0 Å². The summed E-state index contributed by atoms with van der Waals surface area (Å²) in [6.07, 6.45) is 7.54. The van der Waals surface area contributed by atoms with Crippen LogP contribution in [0.2, 0.25) is 0 Å². The summed E-state index contributed by atoms with van der Waals surface area (Å²) in [6, 6.07) is 9.38. The summed E-state index contributed by atoms with van der Waals surface area (Å²) >= 11 is 3.52. The largest absolute Gasteiger partial charge is 0.370 e. The fourth-order valence-corrected chi connectivity index (χ4v) is 3.65. The first kappa shape index (κ1) is 14.9. The third-order valence-corrected chi connectivity index (χ3v) is 5.55. The Hall–Kier alpha value is -1.03. The Morgan fingerprint density at radius 2 is 1.90 bits per heavy atom. The van der Waals surface area contributed by atoms with E-state index in [2.05, 4.69) is 52.1 Å². The molecule has 2 fully saturated rings. The molecule has 4 heteroatoms. The Balaban J connectivity index is 1.77. The van der Waals surface area contributed by atoms with Gasteiger partial charge in [0.25, 0.3) is 0 Å². The van der Waals surface area contributed by atoms with Crippen molar-refractivity contribution in [2.45, 2.75) is 50.0 Å². The van der Waals surface area contributed by atoms with Crippen molar-refractivity contribution in [3.05, 3.63) is 34.3 Å². The molecule has 0 unspecified atom stereocenters. The summed E-state index contributed by atoms with van der Waals surface area (Å²) in [6.45, 7) is 0.817. The summed E-state index contributed by atoms with van der Waals surface area (Å²) in [5.41, 5.74) is 7.77. The molecule has 0 atom stereocenters. The number of nitrogens with zero attached hydrogens (tertiary/aromatic N) is 2. The molecule has 0 aliphatic heterocycles. The van der Waals surface area contributed by atoms with E-state index in [1.54, 1.807) is 0 Å². The van der Waals surface area contributed by atoms with E-state index in [4.69, 9.17) is 10.7 Å². The van der Waals surface area contributed by atoms with Crippen LogP contribution in [0.3, 0.4) is 0 Å². The van der Waals surface area contributed by atoms with Crippen molar-refractivity contribution in [2.24, 2.45) is 10.7 Å². The first-order valence-electron chi connectivity index (χ1n) is 7.90. The van der Waals surface area contributed by atoms with Gasteiger partial charge in [-0.05, 0) is 43.4 Å². The first-order chi connectivity index (χ1) is 10.1. The minimum absolute atomic E-state index is 0.190. The van der Waals surface area contributed by atoms with Gasteiger partial charge in [0.2, 0.25) is 0 Å². The van der Waals surface area contributed by atoms with Gasteiger partial charge in [0.1, 0.15) is 0 Å². The number of hydrogen-bond donors (Lipinski definition) is 1. The maximum absolute atomic E-state index is 6.17. The number of aliphatic imine (C=N–C) groups is 1. The normalized spacial score (nSPS) is 21.5. The van der Waals surface area contributed by atoms with E-state index in [9.17, 15) is 0 Å². The number of hydrogen-bond acceptors (Lipinski definition) is 1. The molecule has 0 spiro atoms. The molecule has 0 heterocycles. The van der Waals surface area contributed by atoms with E-state index in [1.165, 1.54) is 44.1 Å². The summed E-state index contributed by atoms with van der Waals surface area (Å²) in [7, 11) is 2.07. The van der Waals surface area contributed by atoms with Gasteiger partial charge < -0.3 is 10.6 Å². The van der Waals surface area contributed by atoms with E-state index >= 15 is 0 Å². The molecule has 2 saturated carbocycles. The van der Waals surface area contributed by atoms with Gasteiger partial charge in [-0.15, -0.1) is 0 Å². The predicted molar refractivity (Wildman–Crippen MR) is 91.6 cm³/mol. The Morgan fingerprint density at radius 3 is 2.48 bits per heavy atom. The molecule has 3 nitrogen and oxygen atoms in total. The lowest BCUT2D eigenvalue weighted by atomic mass is 9.79. The Labute approximate surface area is 135 Å². The second-order valence-corrected chi connectivity index (χ2v) is 7.43. The van der Waals surface area contributed by atoms with Gasteiger partial charge in [-0.25, -0.2) is 0 Å². The molecule has 0 radical (unpaired) electrons. The number of rotatable bonds is 4.